The highest BCUT2D eigenvalue weighted by Gasteiger charge is 2.16. The van der Waals surface area contributed by atoms with E-state index >= 15 is 0 Å². The van der Waals surface area contributed by atoms with Gasteiger partial charge >= 0.3 is 0 Å². The number of carbonyl (C=O) groups excluding carboxylic acids is 2. The fourth-order valence-electron chi connectivity index (χ4n) is 3.04. The molecule has 0 spiro atoms. The summed E-state index contributed by atoms with van der Waals surface area (Å²) >= 11 is 0. The molecule has 1 unspecified atom stereocenters. The Morgan fingerprint density at radius 3 is 2.39 bits per heavy atom. The van der Waals surface area contributed by atoms with Crippen molar-refractivity contribution >= 4 is 11.7 Å². The molecule has 0 saturated carbocycles. The molecule has 0 saturated heterocycles. The molecule has 2 aromatic rings. The van der Waals surface area contributed by atoms with Crippen LogP contribution in [0.5, 0.6) is 5.75 Å². The zero-order valence-corrected chi connectivity index (χ0v) is 17.2. The number of nitrogens with zero attached hydrogens (tertiary/aromatic N) is 1. The topological polar surface area (TPSA) is 58.6 Å². The quantitative estimate of drug-likeness (QED) is 0.638. The van der Waals surface area contributed by atoms with E-state index in [9.17, 15) is 9.59 Å². The largest absolute Gasteiger partial charge is 0.497 e. The van der Waals surface area contributed by atoms with Gasteiger partial charge < -0.3 is 15.0 Å². The molecule has 1 amide bonds. The van der Waals surface area contributed by atoms with Gasteiger partial charge in [0.05, 0.1) is 13.2 Å². The van der Waals surface area contributed by atoms with Crippen molar-refractivity contribution in [2.75, 3.05) is 27.7 Å². The number of amides is 1. The molecule has 5 nitrogen and oxygen atoms in total. The summed E-state index contributed by atoms with van der Waals surface area (Å²) in [4.78, 5) is 26.6. The molecule has 5 heteroatoms. The van der Waals surface area contributed by atoms with Gasteiger partial charge in [-0.25, -0.2) is 0 Å². The maximum Gasteiger partial charge on any atom is 0.220 e. The molecule has 1 atom stereocenters. The highest BCUT2D eigenvalue weighted by Crippen LogP contribution is 2.19. The second-order valence-corrected chi connectivity index (χ2v) is 7.03. The molecule has 2 rings (SSSR count). The van der Waals surface area contributed by atoms with Crippen LogP contribution in [0.3, 0.4) is 0 Å². The minimum absolute atomic E-state index is 0.0617. The van der Waals surface area contributed by atoms with E-state index in [1.807, 2.05) is 14.1 Å². The maximum atomic E-state index is 12.3. The Balaban J connectivity index is 1.87. The van der Waals surface area contributed by atoms with Crippen LogP contribution in [0.4, 0.5) is 0 Å². The lowest BCUT2D eigenvalue weighted by Gasteiger charge is -2.25. The Kier molecular flexibility index (Phi) is 8.20. The third-order valence-corrected chi connectivity index (χ3v) is 4.86. The summed E-state index contributed by atoms with van der Waals surface area (Å²) in [6.45, 7) is 2.64. The van der Waals surface area contributed by atoms with Gasteiger partial charge in [0.25, 0.3) is 0 Å². The van der Waals surface area contributed by atoms with E-state index in [0.29, 0.717) is 17.9 Å². The van der Waals surface area contributed by atoms with Gasteiger partial charge in [0, 0.05) is 24.9 Å². The van der Waals surface area contributed by atoms with Crippen LogP contribution in [0.25, 0.3) is 0 Å². The lowest BCUT2D eigenvalue weighted by molar-refractivity contribution is -0.121. The first-order valence-electron chi connectivity index (χ1n) is 9.63. The number of hydrogen-bond acceptors (Lipinski definition) is 4. The third-order valence-electron chi connectivity index (χ3n) is 4.86. The summed E-state index contributed by atoms with van der Waals surface area (Å²) in [6, 6.07) is 15.6. The summed E-state index contributed by atoms with van der Waals surface area (Å²) in [5.41, 5.74) is 3.02. The van der Waals surface area contributed by atoms with E-state index in [1.165, 1.54) is 5.56 Å². The van der Waals surface area contributed by atoms with E-state index in [2.05, 4.69) is 41.4 Å². The van der Waals surface area contributed by atoms with Crippen LogP contribution in [0.1, 0.15) is 47.3 Å². The van der Waals surface area contributed by atoms with Crippen molar-refractivity contribution in [2.24, 2.45) is 0 Å². The van der Waals surface area contributed by atoms with Gasteiger partial charge in [-0.2, -0.15) is 0 Å². The minimum Gasteiger partial charge on any atom is -0.497 e. The number of rotatable bonds is 10. The smallest absolute Gasteiger partial charge is 0.220 e. The van der Waals surface area contributed by atoms with E-state index < -0.39 is 0 Å². The van der Waals surface area contributed by atoms with Crippen molar-refractivity contribution in [3.8, 4) is 5.75 Å². The fourth-order valence-corrected chi connectivity index (χ4v) is 3.04. The van der Waals surface area contributed by atoms with Gasteiger partial charge in [-0.15, -0.1) is 0 Å². The van der Waals surface area contributed by atoms with Crippen molar-refractivity contribution < 1.29 is 14.3 Å². The highest BCUT2D eigenvalue weighted by atomic mass is 16.5. The molecule has 0 aliphatic carbocycles. The monoisotopic (exact) mass is 382 g/mol. The Labute approximate surface area is 167 Å². The SMILES string of the molecule is CCc1ccc(C(CNC(=O)CCC(=O)c2cccc(OC)c2)N(C)C)cc1. The predicted molar refractivity (Wildman–Crippen MR) is 112 cm³/mol. The minimum atomic E-state index is -0.117. The molecule has 28 heavy (non-hydrogen) atoms. The van der Waals surface area contributed by atoms with Gasteiger partial charge in [-0.1, -0.05) is 43.3 Å². The summed E-state index contributed by atoms with van der Waals surface area (Å²) in [5, 5.41) is 2.96. The average molecular weight is 383 g/mol. The van der Waals surface area contributed by atoms with Crippen molar-refractivity contribution in [3.63, 3.8) is 0 Å². The van der Waals surface area contributed by atoms with Crippen LogP contribution in [0, 0.1) is 0 Å². The van der Waals surface area contributed by atoms with Gasteiger partial charge in [-0.05, 0) is 43.8 Å². The summed E-state index contributed by atoms with van der Waals surface area (Å²) in [7, 11) is 5.56. The molecule has 2 aromatic carbocycles. The zero-order chi connectivity index (χ0) is 20.5. The van der Waals surface area contributed by atoms with Crippen molar-refractivity contribution in [3.05, 3.63) is 65.2 Å². The number of Topliss-reactive ketones (excluding diaryl/α,β-unsaturated/α-hetero) is 1. The first kappa shape index (κ1) is 21.6. The highest BCUT2D eigenvalue weighted by molar-refractivity contribution is 5.98. The first-order valence-corrected chi connectivity index (χ1v) is 9.63. The van der Waals surface area contributed by atoms with E-state index in [0.717, 1.165) is 12.0 Å². The molecule has 0 aromatic heterocycles. The van der Waals surface area contributed by atoms with Crippen LogP contribution < -0.4 is 10.1 Å². The van der Waals surface area contributed by atoms with Gasteiger partial charge in [0.1, 0.15) is 5.75 Å². The number of likely N-dealkylation sites (N-methyl/N-ethyl adjacent to an activating group) is 1. The zero-order valence-electron chi connectivity index (χ0n) is 17.2. The lowest BCUT2D eigenvalue weighted by atomic mass is 10.0. The standard InChI is InChI=1S/C23H30N2O3/c1-5-17-9-11-18(12-10-17)21(25(2)3)16-24-23(27)14-13-22(26)19-7-6-8-20(15-19)28-4/h6-12,15,21H,5,13-14,16H2,1-4H3,(H,24,27). The number of hydrogen-bond donors (Lipinski definition) is 1. The molecule has 0 aliphatic rings. The fraction of sp³-hybridized carbons (Fsp3) is 0.391. The van der Waals surface area contributed by atoms with Crippen LogP contribution in [0.2, 0.25) is 0 Å². The second kappa shape index (κ2) is 10.6. The van der Waals surface area contributed by atoms with E-state index in [4.69, 9.17) is 4.74 Å². The second-order valence-electron chi connectivity index (χ2n) is 7.03. The Bertz CT molecular complexity index is 785. The molecule has 0 aliphatic heterocycles. The van der Waals surface area contributed by atoms with Crippen LogP contribution in [-0.4, -0.2) is 44.3 Å². The van der Waals surface area contributed by atoms with Crippen molar-refractivity contribution in [1.29, 1.82) is 0 Å². The number of ether oxygens (including phenoxy) is 1. The number of ketones is 1. The lowest BCUT2D eigenvalue weighted by Crippen LogP contribution is -2.34. The number of methoxy groups -OCH3 is 1. The molecular weight excluding hydrogens is 352 g/mol. The molecule has 0 bridgehead atoms. The van der Waals surface area contributed by atoms with Crippen LogP contribution in [0.15, 0.2) is 48.5 Å². The summed E-state index contributed by atoms with van der Waals surface area (Å²) in [5.74, 6) is 0.458. The number of nitrogens with one attached hydrogen (secondary N) is 1. The van der Waals surface area contributed by atoms with Gasteiger partial charge in [0.15, 0.2) is 5.78 Å². The molecule has 0 heterocycles. The summed E-state index contributed by atoms with van der Waals surface area (Å²) < 4.78 is 5.14. The number of carbonyl (C=O) groups is 2. The van der Waals surface area contributed by atoms with Gasteiger partial charge in [-0.3, -0.25) is 9.59 Å². The van der Waals surface area contributed by atoms with Crippen molar-refractivity contribution in [2.45, 2.75) is 32.2 Å². The van der Waals surface area contributed by atoms with Crippen LogP contribution in [-0.2, 0) is 11.2 Å². The molecular formula is C23H30N2O3. The predicted octanol–water partition coefficient (Wildman–Crippen LogP) is 3.64. The summed E-state index contributed by atoms with van der Waals surface area (Å²) in [6.07, 6.45) is 1.35. The van der Waals surface area contributed by atoms with E-state index in [-0.39, 0.29) is 30.6 Å². The molecule has 150 valence electrons. The normalized spacial score (nSPS) is 11.9. The Hall–Kier alpha value is -2.66. The van der Waals surface area contributed by atoms with Crippen LogP contribution >= 0.6 is 0 Å². The molecule has 0 radical (unpaired) electrons. The first-order chi connectivity index (χ1) is 13.4. The Morgan fingerprint density at radius 1 is 1.07 bits per heavy atom. The van der Waals surface area contributed by atoms with E-state index in [1.54, 1.807) is 31.4 Å². The average Bonchev–Trinajstić information content (AvgIpc) is 2.72. The number of aryl methyl sites for hydroxylation is 1. The van der Waals surface area contributed by atoms with Crippen molar-refractivity contribution in [1.82, 2.24) is 10.2 Å². The van der Waals surface area contributed by atoms with Gasteiger partial charge in [0.2, 0.25) is 5.91 Å². The maximum absolute atomic E-state index is 12.3. The molecule has 1 N–H and O–H groups in total. The number of benzene rings is 2. The third kappa shape index (κ3) is 6.20. The Morgan fingerprint density at radius 2 is 1.79 bits per heavy atom. The molecule has 0 fully saturated rings.